The molecule has 1 amide bonds. The van der Waals surface area contributed by atoms with Crippen molar-refractivity contribution in [2.45, 2.75) is 45.1 Å². The van der Waals surface area contributed by atoms with E-state index in [-0.39, 0.29) is 11.5 Å². The van der Waals surface area contributed by atoms with Gasteiger partial charge in [0.1, 0.15) is 11.0 Å². The molecular formula is C21H23N5O2S. The van der Waals surface area contributed by atoms with Crippen molar-refractivity contribution < 1.29 is 4.79 Å². The molecule has 1 aliphatic carbocycles. The number of fused-ring (bicyclic) bond motifs is 2. The first kappa shape index (κ1) is 18.4. The molecule has 1 saturated heterocycles. The summed E-state index contributed by atoms with van der Waals surface area (Å²) in [6, 6.07) is 7.29. The van der Waals surface area contributed by atoms with E-state index < -0.39 is 0 Å². The molecule has 2 aromatic heterocycles. The van der Waals surface area contributed by atoms with Crippen LogP contribution in [0.5, 0.6) is 0 Å². The highest BCUT2D eigenvalue weighted by atomic mass is 32.1. The van der Waals surface area contributed by atoms with Crippen molar-refractivity contribution in [3.63, 3.8) is 0 Å². The number of carbonyl (C=O) groups excluding carboxylic acids is 1. The SMILES string of the molecule is O=C(c1ccc2nsnc2c1)N1CCC(Cn2nc3c(cc2=O)CCCC3)CC1. The predicted octanol–water partition coefficient (Wildman–Crippen LogP) is 2.68. The number of aryl methyl sites for hydroxylation is 2. The van der Waals surface area contributed by atoms with E-state index in [0.29, 0.717) is 31.1 Å². The van der Waals surface area contributed by atoms with Gasteiger partial charge in [-0.25, -0.2) is 4.68 Å². The molecule has 0 bridgehead atoms. The van der Waals surface area contributed by atoms with Gasteiger partial charge < -0.3 is 4.90 Å². The third-order valence-electron chi connectivity index (χ3n) is 6.11. The summed E-state index contributed by atoms with van der Waals surface area (Å²) in [6.07, 6.45) is 6.02. The predicted molar refractivity (Wildman–Crippen MR) is 111 cm³/mol. The lowest BCUT2D eigenvalue weighted by Crippen LogP contribution is -2.40. The van der Waals surface area contributed by atoms with E-state index in [0.717, 1.165) is 72.5 Å². The fraction of sp³-hybridized carbons (Fsp3) is 0.476. The molecule has 29 heavy (non-hydrogen) atoms. The normalized spacial score (nSPS) is 17.4. The van der Waals surface area contributed by atoms with Gasteiger partial charge in [0.25, 0.3) is 11.5 Å². The van der Waals surface area contributed by atoms with Crippen LogP contribution in [-0.4, -0.2) is 42.4 Å². The number of nitrogens with zero attached hydrogens (tertiary/aromatic N) is 5. The van der Waals surface area contributed by atoms with Gasteiger partial charge in [0, 0.05) is 31.3 Å². The fourth-order valence-corrected chi connectivity index (χ4v) is 4.91. The maximum Gasteiger partial charge on any atom is 0.267 e. The number of rotatable bonds is 3. The van der Waals surface area contributed by atoms with Crippen LogP contribution in [0.3, 0.4) is 0 Å². The van der Waals surface area contributed by atoms with Gasteiger partial charge in [-0.3, -0.25) is 9.59 Å². The van der Waals surface area contributed by atoms with Crippen molar-refractivity contribution in [1.82, 2.24) is 23.4 Å². The van der Waals surface area contributed by atoms with Gasteiger partial charge in [0.2, 0.25) is 0 Å². The number of piperidine rings is 1. The van der Waals surface area contributed by atoms with Crippen molar-refractivity contribution in [3.05, 3.63) is 51.4 Å². The molecule has 3 aromatic rings. The van der Waals surface area contributed by atoms with Crippen LogP contribution in [0.1, 0.15) is 47.3 Å². The largest absolute Gasteiger partial charge is 0.339 e. The molecule has 1 fully saturated rings. The van der Waals surface area contributed by atoms with Gasteiger partial charge in [-0.2, -0.15) is 13.8 Å². The van der Waals surface area contributed by atoms with Crippen LogP contribution in [0.4, 0.5) is 0 Å². The molecule has 0 unspecified atom stereocenters. The van der Waals surface area contributed by atoms with Crippen LogP contribution in [0.15, 0.2) is 29.1 Å². The van der Waals surface area contributed by atoms with Crippen molar-refractivity contribution in [3.8, 4) is 0 Å². The summed E-state index contributed by atoms with van der Waals surface area (Å²) in [5.74, 6) is 0.415. The second-order valence-electron chi connectivity index (χ2n) is 8.05. The van der Waals surface area contributed by atoms with Crippen molar-refractivity contribution in [2.75, 3.05) is 13.1 Å². The Bertz CT molecular complexity index is 1110. The quantitative estimate of drug-likeness (QED) is 0.664. The average Bonchev–Trinajstić information content (AvgIpc) is 3.22. The smallest absolute Gasteiger partial charge is 0.267 e. The first-order chi connectivity index (χ1) is 14.2. The van der Waals surface area contributed by atoms with Crippen molar-refractivity contribution in [1.29, 1.82) is 0 Å². The van der Waals surface area contributed by atoms with Gasteiger partial charge in [0.05, 0.1) is 17.4 Å². The summed E-state index contributed by atoms with van der Waals surface area (Å²) < 4.78 is 10.1. The van der Waals surface area contributed by atoms with Crippen molar-refractivity contribution in [2.24, 2.45) is 5.92 Å². The second-order valence-corrected chi connectivity index (χ2v) is 8.58. The minimum absolute atomic E-state index is 0.00864. The molecule has 0 spiro atoms. The second kappa shape index (κ2) is 7.67. The highest BCUT2D eigenvalue weighted by Crippen LogP contribution is 2.22. The van der Waals surface area contributed by atoms with E-state index in [1.165, 1.54) is 0 Å². The minimum Gasteiger partial charge on any atom is -0.339 e. The number of aromatic nitrogens is 4. The average molecular weight is 410 g/mol. The van der Waals surface area contributed by atoms with Crippen LogP contribution in [0.25, 0.3) is 11.0 Å². The number of hydrogen-bond donors (Lipinski definition) is 0. The van der Waals surface area contributed by atoms with E-state index in [1.807, 2.05) is 23.1 Å². The summed E-state index contributed by atoms with van der Waals surface area (Å²) in [5, 5.41) is 4.64. The molecular weight excluding hydrogens is 386 g/mol. The molecule has 1 aromatic carbocycles. The summed E-state index contributed by atoms with van der Waals surface area (Å²) in [7, 11) is 0. The zero-order valence-corrected chi connectivity index (χ0v) is 17.0. The Kier molecular flexibility index (Phi) is 4.87. The molecule has 8 heteroatoms. The third-order valence-corrected chi connectivity index (χ3v) is 6.66. The van der Waals surface area contributed by atoms with E-state index in [4.69, 9.17) is 0 Å². The lowest BCUT2D eigenvalue weighted by atomic mass is 9.95. The topological polar surface area (TPSA) is 81.0 Å². The summed E-state index contributed by atoms with van der Waals surface area (Å²) in [6.45, 7) is 2.05. The lowest BCUT2D eigenvalue weighted by Gasteiger charge is -2.32. The number of benzene rings is 1. The van der Waals surface area contributed by atoms with E-state index >= 15 is 0 Å². The lowest BCUT2D eigenvalue weighted by molar-refractivity contribution is 0.0680. The van der Waals surface area contributed by atoms with Crippen LogP contribution in [-0.2, 0) is 19.4 Å². The molecule has 0 saturated carbocycles. The Morgan fingerprint density at radius 3 is 2.72 bits per heavy atom. The van der Waals surface area contributed by atoms with Gasteiger partial charge in [0.15, 0.2) is 0 Å². The molecule has 0 atom stereocenters. The Balaban J connectivity index is 1.23. The molecule has 150 valence electrons. The summed E-state index contributed by atoms with van der Waals surface area (Å²) in [5.41, 5.74) is 4.49. The summed E-state index contributed by atoms with van der Waals surface area (Å²) >= 11 is 1.16. The number of amides is 1. The number of carbonyl (C=O) groups is 1. The first-order valence-electron chi connectivity index (χ1n) is 10.3. The molecule has 5 rings (SSSR count). The van der Waals surface area contributed by atoms with Crippen LogP contribution in [0, 0.1) is 5.92 Å². The molecule has 0 N–H and O–H groups in total. The van der Waals surface area contributed by atoms with E-state index in [1.54, 1.807) is 10.7 Å². The van der Waals surface area contributed by atoms with Crippen molar-refractivity contribution >= 4 is 28.7 Å². The number of likely N-dealkylation sites (tertiary alicyclic amines) is 1. The van der Waals surface area contributed by atoms with Crippen LogP contribution >= 0.6 is 11.7 Å². The number of hydrogen-bond acceptors (Lipinski definition) is 6. The zero-order chi connectivity index (χ0) is 19.8. The highest BCUT2D eigenvalue weighted by Gasteiger charge is 2.25. The maximum atomic E-state index is 12.9. The Morgan fingerprint density at radius 1 is 1.07 bits per heavy atom. The summed E-state index contributed by atoms with van der Waals surface area (Å²) in [4.78, 5) is 27.2. The molecule has 7 nitrogen and oxygen atoms in total. The molecule has 0 radical (unpaired) electrons. The van der Waals surface area contributed by atoms with E-state index in [9.17, 15) is 9.59 Å². The monoisotopic (exact) mass is 409 g/mol. The zero-order valence-electron chi connectivity index (χ0n) is 16.2. The maximum absolute atomic E-state index is 12.9. The van der Waals surface area contributed by atoms with Gasteiger partial charge in [-0.05, 0) is 68.2 Å². The molecule has 2 aliphatic rings. The molecule has 3 heterocycles. The van der Waals surface area contributed by atoms with Gasteiger partial charge >= 0.3 is 0 Å². The first-order valence-corrected chi connectivity index (χ1v) is 11.0. The van der Waals surface area contributed by atoms with Crippen LogP contribution in [0.2, 0.25) is 0 Å². The highest BCUT2D eigenvalue weighted by molar-refractivity contribution is 7.00. The Labute approximate surface area is 172 Å². The third kappa shape index (κ3) is 3.69. The standard InChI is InChI=1S/C21H23N5O2S/c27-20-12-15-3-1-2-4-17(15)22-26(20)13-14-7-9-25(10-8-14)21(28)16-5-6-18-19(11-16)24-29-23-18/h5-6,11-12,14H,1-4,7-10,13H2. The molecule has 1 aliphatic heterocycles. The van der Waals surface area contributed by atoms with Gasteiger partial charge in [-0.15, -0.1) is 0 Å². The Morgan fingerprint density at radius 2 is 1.86 bits per heavy atom. The van der Waals surface area contributed by atoms with Crippen LogP contribution < -0.4 is 5.56 Å². The van der Waals surface area contributed by atoms with Gasteiger partial charge in [-0.1, -0.05) is 0 Å². The minimum atomic E-state index is 0.00864. The Hall–Kier alpha value is -2.61. The fourth-order valence-electron chi connectivity index (χ4n) is 4.39. The van der Waals surface area contributed by atoms with E-state index in [2.05, 4.69) is 13.8 Å².